The number of halogens is 1. The van der Waals surface area contributed by atoms with Gasteiger partial charge in [0.2, 0.25) is 17.7 Å². The lowest BCUT2D eigenvalue weighted by atomic mass is 10.0. The average Bonchev–Trinajstić information content (AvgIpc) is 2.77. The number of nitrogens with one attached hydrogen (secondary N) is 3. The normalized spacial score (nSPS) is 18.8. The van der Waals surface area contributed by atoms with Gasteiger partial charge in [0.05, 0.1) is 13.5 Å². The van der Waals surface area contributed by atoms with Crippen molar-refractivity contribution in [3.05, 3.63) is 71.5 Å². The van der Waals surface area contributed by atoms with E-state index in [1.807, 2.05) is 30.3 Å². The Balaban J connectivity index is 1.58. The average molecular weight is 441 g/mol. The van der Waals surface area contributed by atoms with Gasteiger partial charge in [0, 0.05) is 12.8 Å². The number of rotatable bonds is 8. The molecule has 2 aromatic rings. The summed E-state index contributed by atoms with van der Waals surface area (Å²) in [5, 5.41) is 7.70. The van der Waals surface area contributed by atoms with E-state index in [0.717, 1.165) is 5.56 Å². The minimum atomic E-state index is -1.07. The summed E-state index contributed by atoms with van der Waals surface area (Å²) in [4.78, 5) is 49.4. The molecule has 32 heavy (non-hydrogen) atoms. The number of methoxy groups -OCH3 is 1. The van der Waals surface area contributed by atoms with Crippen molar-refractivity contribution in [3.8, 4) is 0 Å². The van der Waals surface area contributed by atoms with Crippen LogP contribution in [0.5, 0.6) is 0 Å². The molecule has 3 rings (SSSR count). The fraction of sp³-hybridized carbons (Fsp3) is 0.304. The second-order valence-corrected chi connectivity index (χ2v) is 7.49. The summed E-state index contributed by atoms with van der Waals surface area (Å²) < 4.78 is 18.2. The molecule has 0 aliphatic carbocycles. The molecule has 0 unspecified atom stereocenters. The molecule has 3 atom stereocenters. The molecule has 0 bridgehead atoms. The monoisotopic (exact) mass is 441 g/mol. The Morgan fingerprint density at radius 1 is 1.00 bits per heavy atom. The van der Waals surface area contributed by atoms with Gasteiger partial charge in [-0.25, -0.2) is 9.18 Å². The molecule has 1 heterocycles. The highest BCUT2D eigenvalue weighted by molar-refractivity contribution is 5.99. The number of amides is 3. The minimum Gasteiger partial charge on any atom is -0.467 e. The summed E-state index contributed by atoms with van der Waals surface area (Å²) >= 11 is 0. The Bertz CT molecular complexity index is 998. The smallest absolute Gasteiger partial charge is 0.328 e. The van der Waals surface area contributed by atoms with Crippen molar-refractivity contribution in [1.29, 1.82) is 0 Å². The SMILES string of the molecule is COC(=O)[C@H](Cc1cccc(F)c1)NC(=O)C[C@@H]1NC(=O)[C@H](Cc2ccccc2)NC1=O. The molecule has 2 aromatic carbocycles. The Hall–Kier alpha value is -3.75. The highest BCUT2D eigenvalue weighted by atomic mass is 19.1. The van der Waals surface area contributed by atoms with Crippen molar-refractivity contribution >= 4 is 23.7 Å². The van der Waals surface area contributed by atoms with Gasteiger partial charge < -0.3 is 20.7 Å². The van der Waals surface area contributed by atoms with Crippen LogP contribution in [0.25, 0.3) is 0 Å². The number of esters is 1. The third kappa shape index (κ3) is 6.13. The fourth-order valence-electron chi connectivity index (χ4n) is 3.49. The van der Waals surface area contributed by atoms with Crippen molar-refractivity contribution in [2.24, 2.45) is 0 Å². The maximum absolute atomic E-state index is 13.4. The number of carbonyl (C=O) groups excluding carboxylic acids is 4. The quantitative estimate of drug-likeness (QED) is 0.521. The van der Waals surface area contributed by atoms with E-state index in [-0.39, 0.29) is 12.8 Å². The van der Waals surface area contributed by atoms with Gasteiger partial charge in [-0.3, -0.25) is 14.4 Å². The van der Waals surface area contributed by atoms with E-state index in [1.54, 1.807) is 6.07 Å². The van der Waals surface area contributed by atoms with E-state index in [1.165, 1.54) is 25.3 Å². The van der Waals surface area contributed by atoms with E-state index < -0.39 is 47.6 Å². The van der Waals surface area contributed by atoms with Gasteiger partial charge in [-0.05, 0) is 23.3 Å². The first-order valence-corrected chi connectivity index (χ1v) is 10.1. The highest BCUT2D eigenvalue weighted by Crippen LogP contribution is 2.10. The van der Waals surface area contributed by atoms with Gasteiger partial charge in [0.1, 0.15) is 23.9 Å². The molecule has 0 radical (unpaired) electrons. The summed E-state index contributed by atoms with van der Waals surface area (Å²) in [7, 11) is 1.18. The summed E-state index contributed by atoms with van der Waals surface area (Å²) in [6.45, 7) is 0. The van der Waals surface area contributed by atoms with Gasteiger partial charge in [0.15, 0.2) is 0 Å². The lowest BCUT2D eigenvalue weighted by Gasteiger charge is -2.29. The van der Waals surface area contributed by atoms with Crippen LogP contribution < -0.4 is 16.0 Å². The summed E-state index contributed by atoms with van der Waals surface area (Å²) in [6, 6.07) is 12.0. The molecule has 0 saturated carbocycles. The maximum atomic E-state index is 13.4. The Kier molecular flexibility index (Phi) is 7.54. The molecule has 8 nitrogen and oxygen atoms in total. The zero-order valence-corrected chi connectivity index (χ0v) is 17.5. The third-order valence-electron chi connectivity index (χ3n) is 5.09. The molecule has 0 aromatic heterocycles. The lowest BCUT2D eigenvalue weighted by Crippen LogP contribution is -2.63. The third-order valence-corrected chi connectivity index (χ3v) is 5.09. The van der Waals surface area contributed by atoms with Crippen molar-refractivity contribution in [2.75, 3.05) is 7.11 Å². The van der Waals surface area contributed by atoms with E-state index in [2.05, 4.69) is 16.0 Å². The van der Waals surface area contributed by atoms with Crippen LogP contribution in [0.2, 0.25) is 0 Å². The molecule has 1 fully saturated rings. The number of hydrogen-bond acceptors (Lipinski definition) is 5. The lowest BCUT2D eigenvalue weighted by molar-refractivity contribution is -0.145. The van der Waals surface area contributed by atoms with Crippen molar-refractivity contribution in [1.82, 2.24) is 16.0 Å². The first-order valence-electron chi connectivity index (χ1n) is 10.1. The van der Waals surface area contributed by atoms with E-state index in [4.69, 9.17) is 4.74 Å². The van der Waals surface area contributed by atoms with Crippen LogP contribution in [0.1, 0.15) is 17.5 Å². The number of hydrogen-bond donors (Lipinski definition) is 3. The second kappa shape index (κ2) is 10.5. The van der Waals surface area contributed by atoms with Crippen LogP contribution in [-0.4, -0.2) is 48.9 Å². The van der Waals surface area contributed by atoms with Crippen LogP contribution in [0.3, 0.4) is 0 Å². The Labute approximate surface area is 184 Å². The molecule has 9 heteroatoms. The number of ether oxygens (including phenoxy) is 1. The molecule has 3 amide bonds. The first kappa shape index (κ1) is 22.9. The molecular formula is C23H24FN3O5. The number of piperazine rings is 1. The molecular weight excluding hydrogens is 417 g/mol. The molecule has 3 N–H and O–H groups in total. The van der Waals surface area contributed by atoms with Crippen LogP contribution in [-0.2, 0) is 36.8 Å². The van der Waals surface area contributed by atoms with Crippen LogP contribution in [0.15, 0.2) is 54.6 Å². The zero-order chi connectivity index (χ0) is 23.1. The molecule has 1 aliphatic heterocycles. The fourth-order valence-corrected chi connectivity index (χ4v) is 3.49. The zero-order valence-electron chi connectivity index (χ0n) is 17.5. The molecule has 1 aliphatic rings. The largest absolute Gasteiger partial charge is 0.467 e. The van der Waals surface area contributed by atoms with E-state index in [9.17, 15) is 23.6 Å². The van der Waals surface area contributed by atoms with Gasteiger partial charge in [0.25, 0.3) is 0 Å². The topological polar surface area (TPSA) is 114 Å². The van der Waals surface area contributed by atoms with Gasteiger partial charge in [-0.15, -0.1) is 0 Å². The molecule has 168 valence electrons. The first-order chi connectivity index (χ1) is 15.4. The van der Waals surface area contributed by atoms with Crippen molar-refractivity contribution in [3.63, 3.8) is 0 Å². The Morgan fingerprint density at radius 2 is 1.66 bits per heavy atom. The predicted molar refractivity (Wildman–Crippen MR) is 113 cm³/mol. The minimum absolute atomic E-state index is 0.0124. The molecule has 0 spiro atoms. The summed E-state index contributed by atoms with van der Waals surface area (Å²) in [5.41, 5.74) is 1.38. The van der Waals surface area contributed by atoms with Gasteiger partial charge in [-0.2, -0.15) is 0 Å². The van der Waals surface area contributed by atoms with Gasteiger partial charge >= 0.3 is 5.97 Å². The number of carbonyl (C=O) groups is 4. The summed E-state index contributed by atoms with van der Waals surface area (Å²) in [6.07, 6.45) is -0.0137. The molecule has 1 saturated heterocycles. The van der Waals surface area contributed by atoms with Crippen LogP contribution in [0, 0.1) is 5.82 Å². The predicted octanol–water partition coefficient (Wildman–Crippen LogP) is 0.642. The van der Waals surface area contributed by atoms with E-state index >= 15 is 0 Å². The van der Waals surface area contributed by atoms with Crippen molar-refractivity contribution < 1.29 is 28.3 Å². The maximum Gasteiger partial charge on any atom is 0.328 e. The highest BCUT2D eigenvalue weighted by Gasteiger charge is 2.35. The summed E-state index contributed by atoms with van der Waals surface area (Å²) in [5.74, 6) is -2.68. The van der Waals surface area contributed by atoms with Crippen LogP contribution in [0.4, 0.5) is 4.39 Å². The standard InChI is InChI=1S/C23H24FN3O5/c1-32-23(31)19(12-15-8-5-9-16(24)10-15)25-20(28)13-18-22(30)26-17(21(29)27-18)11-14-6-3-2-4-7-14/h2-10,17-19H,11-13H2,1H3,(H,25,28)(H,26,30)(H,27,29)/t17-,18-,19-/m0/s1. The Morgan fingerprint density at radius 3 is 2.34 bits per heavy atom. The van der Waals surface area contributed by atoms with E-state index in [0.29, 0.717) is 12.0 Å². The van der Waals surface area contributed by atoms with Crippen molar-refractivity contribution in [2.45, 2.75) is 37.4 Å². The number of benzene rings is 2. The second-order valence-electron chi connectivity index (χ2n) is 7.49. The van der Waals surface area contributed by atoms with Crippen LogP contribution >= 0.6 is 0 Å². The van der Waals surface area contributed by atoms with Gasteiger partial charge in [-0.1, -0.05) is 42.5 Å².